The lowest BCUT2D eigenvalue weighted by Gasteiger charge is -2.25. The second-order valence-corrected chi connectivity index (χ2v) is 11.7. The number of pyridine rings is 1. The Balaban J connectivity index is 1.40. The molecular weight excluding hydrogens is 600 g/mol. The molecule has 5 aromatic rings. The number of carboxylic acid groups (broad SMARTS) is 1. The summed E-state index contributed by atoms with van der Waals surface area (Å²) in [5.41, 5.74) is 7.12. The van der Waals surface area contributed by atoms with Gasteiger partial charge in [0.05, 0.1) is 32.9 Å². The van der Waals surface area contributed by atoms with Crippen LogP contribution in [0.5, 0.6) is 11.5 Å². The predicted molar refractivity (Wildman–Crippen MR) is 169 cm³/mol. The number of benzene rings is 3. The van der Waals surface area contributed by atoms with Crippen molar-refractivity contribution in [1.29, 1.82) is 5.26 Å². The number of aromatic nitrogens is 2. The Kier molecular flexibility index (Phi) is 9.42. The molecule has 0 radical (unpaired) electrons. The third-order valence-electron chi connectivity index (χ3n) is 7.36. The highest BCUT2D eigenvalue weighted by Gasteiger charge is 2.32. The monoisotopic (exact) mass is 628 g/mol. The van der Waals surface area contributed by atoms with E-state index < -0.39 is 18.1 Å². The van der Waals surface area contributed by atoms with E-state index in [0.29, 0.717) is 33.2 Å². The summed E-state index contributed by atoms with van der Waals surface area (Å²) in [6.45, 7) is 3.21. The van der Waals surface area contributed by atoms with Crippen molar-refractivity contribution >= 4 is 39.1 Å². The molecule has 0 saturated carbocycles. The zero-order chi connectivity index (χ0) is 31.3. The maximum absolute atomic E-state index is 11.7. The van der Waals surface area contributed by atoms with E-state index in [1.807, 2.05) is 23.7 Å². The molecule has 5 rings (SSSR count). The van der Waals surface area contributed by atoms with E-state index in [2.05, 4.69) is 46.5 Å². The molecule has 0 bridgehead atoms. The average Bonchev–Trinajstić information content (AvgIpc) is 3.51. The molecule has 11 heteroatoms. The Morgan fingerprint density at radius 1 is 1.09 bits per heavy atom. The molecule has 3 N–H and O–H groups in total. The number of aliphatic hydroxyl groups excluding tert-OH is 1. The summed E-state index contributed by atoms with van der Waals surface area (Å²) in [5.74, 6) is -0.417. The molecule has 0 aliphatic rings. The summed E-state index contributed by atoms with van der Waals surface area (Å²) >= 11 is 8.26. The molecule has 0 spiro atoms. The number of nitrogens with one attached hydrogen (secondary N) is 1. The number of hydrogen-bond acceptors (Lipinski definition) is 9. The Morgan fingerprint density at radius 3 is 2.68 bits per heavy atom. The zero-order valence-corrected chi connectivity index (χ0v) is 25.6. The van der Waals surface area contributed by atoms with E-state index in [9.17, 15) is 20.3 Å². The van der Waals surface area contributed by atoms with E-state index in [0.717, 1.165) is 32.5 Å². The lowest BCUT2D eigenvalue weighted by Crippen LogP contribution is -2.52. The normalized spacial score (nSPS) is 12.4. The van der Waals surface area contributed by atoms with Gasteiger partial charge in [-0.1, -0.05) is 35.9 Å². The number of carboxylic acids is 1. The summed E-state index contributed by atoms with van der Waals surface area (Å²) in [5, 5.41) is 31.7. The number of ether oxygens (including phenoxy) is 2. The van der Waals surface area contributed by atoms with Crippen molar-refractivity contribution in [2.24, 2.45) is 0 Å². The summed E-state index contributed by atoms with van der Waals surface area (Å²) in [4.78, 5) is 20.2. The number of aliphatic carboxylic acids is 1. The fourth-order valence-electron chi connectivity index (χ4n) is 4.57. The first-order chi connectivity index (χ1) is 21.2. The third-order valence-corrected chi connectivity index (χ3v) is 8.45. The van der Waals surface area contributed by atoms with Crippen LogP contribution in [0.1, 0.15) is 34.7 Å². The topological polar surface area (TPSA) is 138 Å². The van der Waals surface area contributed by atoms with Crippen LogP contribution in [0.3, 0.4) is 0 Å². The molecule has 3 aromatic carbocycles. The lowest BCUT2D eigenvalue weighted by atomic mass is 9.96. The van der Waals surface area contributed by atoms with Crippen molar-refractivity contribution < 1.29 is 24.5 Å². The van der Waals surface area contributed by atoms with Gasteiger partial charge in [-0.2, -0.15) is 5.26 Å². The molecule has 2 aromatic heterocycles. The molecule has 0 unspecified atom stereocenters. The van der Waals surface area contributed by atoms with E-state index in [-0.39, 0.29) is 19.8 Å². The molecule has 0 fully saturated rings. The van der Waals surface area contributed by atoms with Crippen molar-refractivity contribution in [3.63, 3.8) is 0 Å². The third kappa shape index (κ3) is 6.82. The highest BCUT2D eigenvalue weighted by Crippen LogP contribution is 2.35. The fourth-order valence-corrected chi connectivity index (χ4v) is 5.53. The summed E-state index contributed by atoms with van der Waals surface area (Å²) in [7, 11) is 0. The van der Waals surface area contributed by atoms with Crippen molar-refractivity contribution in [3.8, 4) is 28.7 Å². The van der Waals surface area contributed by atoms with Crippen LogP contribution in [0, 0.1) is 18.3 Å². The van der Waals surface area contributed by atoms with Crippen LogP contribution < -0.4 is 14.8 Å². The molecule has 0 aliphatic heterocycles. The van der Waals surface area contributed by atoms with Crippen molar-refractivity contribution in [1.82, 2.24) is 15.3 Å². The smallest absolute Gasteiger partial charge is 0.326 e. The predicted octanol–water partition coefficient (Wildman–Crippen LogP) is 6.28. The second-order valence-electron chi connectivity index (χ2n) is 10.4. The minimum atomic E-state index is -1.57. The SMILES string of the molecule is Cc1c(COc2cc(OCc3cncc(C#N)c3)c(CN[C@](C)(CO)C(=O)O)cc2Cl)cccc1-c1ccc2ncsc2c1. The Morgan fingerprint density at radius 2 is 1.91 bits per heavy atom. The van der Waals surface area contributed by atoms with Crippen LogP contribution in [-0.4, -0.2) is 38.3 Å². The van der Waals surface area contributed by atoms with Crippen molar-refractivity contribution in [2.75, 3.05) is 6.61 Å². The first-order valence-electron chi connectivity index (χ1n) is 13.6. The summed E-state index contributed by atoms with van der Waals surface area (Å²) in [6.07, 6.45) is 3.06. The molecule has 44 heavy (non-hydrogen) atoms. The molecule has 9 nitrogen and oxygen atoms in total. The largest absolute Gasteiger partial charge is 0.488 e. The molecule has 224 valence electrons. The number of nitrogens with zero attached hydrogens (tertiary/aromatic N) is 3. The number of halogens is 1. The zero-order valence-electron chi connectivity index (χ0n) is 24.0. The minimum absolute atomic E-state index is 0.0421. The Bertz CT molecular complexity index is 1870. The molecule has 0 saturated heterocycles. The highest BCUT2D eigenvalue weighted by atomic mass is 35.5. The molecule has 2 heterocycles. The number of hydrogen-bond donors (Lipinski definition) is 3. The van der Waals surface area contributed by atoms with Crippen LogP contribution in [0.4, 0.5) is 0 Å². The van der Waals surface area contributed by atoms with Crippen LogP contribution >= 0.6 is 22.9 Å². The van der Waals surface area contributed by atoms with E-state index in [1.165, 1.54) is 13.1 Å². The van der Waals surface area contributed by atoms with Gasteiger partial charge < -0.3 is 19.7 Å². The van der Waals surface area contributed by atoms with Gasteiger partial charge in [-0.15, -0.1) is 11.3 Å². The summed E-state index contributed by atoms with van der Waals surface area (Å²) in [6, 6.07) is 19.3. The minimum Gasteiger partial charge on any atom is -0.488 e. The van der Waals surface area contributed by atoms with Crippen LogP contribution in [0.25, 0.3) is 21.3 Å². The maximum atomic E-state index is 11.7. The number of thiazole rings is 1. The van der Waals surface area contributed by atoms with E-state index in [4.69, 9.17) is 21.1 Å². The number of nitriles is 1. The molecule has 0 amide bonds. The van der Waals surface area contributed by atoms with E-state index >= 15 is 0 Å². The summed E-state index contributed by atoms with van der Waals surface area (Å²) < 4.78 is 13.4. The second kappa shape index (κ2) is 13.4. The molecule has 0 aliphatic carbocycles. The first-order valence-corrected chi connectivity index (χ1v) is 14.9. The van der Waals surface area contributed by atoms with Gasteiger partial charge >= 0.3 is 5.97 Å². The van der Waals surface area contributed by atoms with Crippen molar-refractivity contribution in [2.45, 2.75) is 39.1 Å². The van der Waals surface area contributed by atoms with Gasteiger partial charge in [0.1, 0.15) is 36.3 Å². The standard InChI is InChI=1S/C33H29ClN4O5S/c1-20-24(4-3-5-26(20)23-6-7-28-31(10-23)44-19-37-28)17-43-30-11-29(42-16-22-8-21(12-35)13-36-14-22)25(9-27(30)34)15-38-33(2,18-39)32(40)41/h3-11,13-14,19,38-39H,15-18H2,1-2H3,(H,40,41)/t33-/m1/s1. The Hall–Kier alpha value is -4.53. The van der Waals surface area contributed by atoms with E-state index in [1.54, 1.807) is 35.7 Å². The first kappa shape index (κ1) is 30.9. The molecule has 1 atom stereocenters. The van der Waals surface area contributed by atoms with Gasteiger partial charge in [-0.05, 0) is 60.4 Å². The Labute approximate surface area is 263 Å². The molecular formula is C33H29ClN4O5S. The highest BCUT2D eigenvalue weighted by molar-refractivity contribution is 7.16. The number of aliphatic hydroxyl groups is 1. The van der Waals surface area contributed by atoms with Crippen LogP contribution in [0.15, 0.2) is 72.5 Å². The number of carbonyl (C=O) groups is 1. The number of rotatable bonds is 12. The van der Waals surface area contributed by atoms with Crippen LogP contribution in [-0.2, 0) is 24.6 Å². The average molecular weight is 629 g/mol. The maximum Gasteiger partial charge on any atom is 0.326 e. The fraction of sp³-hybridized carbons (Fsp3) is 0.212. The quantitative estimate of drug-likeness (QED) is 0.146. The van der Waals surface area contributed by atoms with Gasteiger partial charge in [0.25, 0.3) is 0 Å². The van der Waals surface area contributed by atoms with Gasteiger partial charge in [-0.3, -0.25) is 15.1 Å². The van der Waals surface area contributed by atoms with Gasteiger partial charge in [-0.25, -0.2) is 4.98 Å². The van der Waals surface area contributed by atoms with Crippen LogP contribution in [0.2, 0.25) is 5.02 Å². The number of fused-ring (bicyclic) bond motifs is 1. The van der Waals surface area contributed by atoms with Gasteiger partial charge in [0, 0.05) is 36.1 Å². The lowest BCUT2D eigenvalue weighted by molar-refractivity contribution is -0.145. The van der Waals surface area contributed by atoms with Crippen molar-refractivity contribution in [3.05, 3.63) is 105 Å². The van der Waals surface area contributed by atoms with Gasteiger partial charge in [0.2, 0.25) is 0 Å². The van der Waals surface area contributed by atoms with Gasteiger partial charge in [0.15, 0.2) is 0 Å².